The third-order valence-corrected chi connectivity index (χ3v) is 9.48. The fourth-order valence-corrected chi connectivity index (χ4v) is 5.79. The van der Waals surface area contributed by atoms with Crippen LogP contribution in [-0.2, 0) is 17.7 Å². The van der Waals surface area contributed by atoms with Crippen LogP contribution in [0.25, 0.3) is 0 Å². The van der Waals surface area contributed by atoms with Crippen LogP contribution in [-0.4, -0.2) is 57.6 Å². The lowest BCUT2D eigenvalue weighted by Crippen LogP contribution is -2.39. The maximum absolute atomic E-state index is 5.63. The molecular weight excluding hydrogens is 316 g/mol. The van der Waals surface area contributed by atoms with Crippen molar-refractivity contribution in [3.05, 3.63) is 0 Å². The second kappa shape index (κ2) is 14.8. The van der Waals surface area contributed by atoms with E-state index in [0.717, 1.165) is 51.2 Å². The van der Waals surface area contributed by atoms with Gasteiger partial charge in [-0.3, -0.25) is 0 Å². The number of hydrogen-bond donors (Lipinski definition) is 2. The van der Waals surface area contributed by atoms with Gasteiger partial charge in [0, 0.05) is 27.4 Å². The molecule has 0 rings (SSSR count). The third kappa shape index (κ3) is 12.7. The van der Waals surface area contributed by atoms with Crippen LogP contribution in [0.1, 0.15) is 26.7 Å². The van der Waals surface area contributed by atoms with Crippen molar-refractivity contribution in [2.75, 3.05) is 40.5 Å². The first-order valence-corrected chi connectivity index (χ1v) is 13.2. The second-order valence-electron chi connectivity index (χ2n) is 5.33. The van der Waals surface area contributed by atoms with Gasteiger partial charge in [-0.15, -0.1) is 0 Å². The van der Waals surface area contributed by atoms with Gasteiger partial charge in [-0.05, 0) is 65.0 Å². The highest BCUT2D eigenvalue weighted by molar-refractivity contribution is 6.66. The Hall–Kier alpha value is 0.194. The van der Waals surface area contributed by atoms with Gasteiger partial charge in [0.25, 0.3) is 0 Å². The molecule has 0 saturated heterocycles. The van der Waals surface area contributed by atoms with Gasteiger partial charge >= 0.3 is 17.1 Å². The minimum atomic E-state index is -1.85. The lowest BCUT2D eigenvalue weighted by Gasteiger charge is -2.25. The van der Waals surface area contributed by atoms with E-state index < -0.39 is 17.1 Å². The molecule has 0 aromatic heterocycles. The first-order valence-electron chi connectivity index (χ1n) is 8.15. The zero-order valence-electron chi connectivity index (χ0n) is 15.4. The third-order valence-electron chi connectivity index (χ3n) is 3.43. The summed E-state index contributed by atoms with van der Waals surface area (Å²) in [5.74, 6) is 0. The molecule has 0 spiro atoms. The first-order chi connectivity index (χ1) is 10.4. The van der Waals surface area contributed by atoms with E-state index in [9.17, 15) is 0 Å². The lowest BCUT2D eigenvalue weighted by molar-refractivity contribution is 0.188. The topological polar surface area (TPSA) is 89.0 Å². The highest BCUT2D eigenvalue weighted by Gasteiger charge is 2.29. The van der Waals surface area contributed by atoms with Gasteiger partial charge in [0.15, 0.2) is 0 Å². The number of nitrogens with two attached hydrogens (primary N) is 2. The molecule has 0 aromatic carbocycles. The second-order valence-corrected chi connectivity index (χ2v) is 12.3. The quantitative estimate of drug-likeness (QED) is 0.522. The molecule has 0 radical (unpaired) electrons. The predicted molar refractivity (Wildman–Crippen MR) is 97.5 cm³/mol. The zero-order valence-corrected chi connectivity index (χ0v) is 17.4. The summed E-state index contributed by atoms with van der Waals surface area (Å²) in [5.41, 5.74) is 10.8. The van der Waals surface area contributed by atoms with Gasteiger partial charge in [0.2, 0.25) is 0 Å². The van der Waals surface area contributed by atoms with Crippen molar-refractivity contribution in [3.8, 4) is 0 Å². The van der Waals surface area contributed by atoms with Crippen LogP contribution >= 0.6 is 0 Å². The maximum Gasteiger partial charge on any atom is 0.334 e. The van der Waals surface area contributed by atoms with Gasteiger partial charge in [-0.1, -0.05) is 0 Å². The molecule has 0 heterocycles. The van der Waals surface area contributed by atoms with Crippen LogP contribution < -0.4 is 11.5 Å². The summed E-state index contributed by atoms with van der Waals surface area (Å²) in [6.07, 6.45) is 1.99. The Bertz CT molecular complexity index is 239. The van der Waals surface area contributed by atoms with E-state index in [1.165, 1.54) is 0 Å². The molecule has 6 nitrogen and oxygen atoms in total. The molecule has 0 atom stereocenters. The van der Waals surface area contributed by atoms with E-state index in [1.807, 2.05) is 20.4 Å². The summed E-state index contributed by atoms with van der Waals surface area (Å²) in [7, 11) is -0.247. The normalized spacial score (nSPS) is 12.0. The molecule has 0 unspecified atom stereocenters. The summed E-state index contributed by atoms with van der Waals surface area (Å²) in [5, 5.41) is 0. The van der Waals surface area contributed by atoms with Crippen molar-refractivity contribution < 1.29 is 17.7 Å². The SMILES string of the molecule is CCO[Si](C)(CCCN)OCC.CO[Si](C)(CCCN)OC. The average molecular weight is 355 g/mol. The Morgan fingerprint density at radius 1 is 0.727 bits per heavy atom. The van der Waals surface area contributed by atoms with E-state index in [4.69, 9.17) is 29.2 Å². The fourth-order valence-electron chi connectivity index (χ4n) is 1.93. The molecule has 0 aliphatic carbocycles. The summed E-state index contributed by atoms with van der Waals surface area (Å²) in [6, 6.07) is 1.99. The maximum atomic E-state index is 5.63. The molecule has 0 aromatic rings. The smallest absolute Gasteiger partial charge is 0.334 e. The van der Waals surface area contributed by atoms with E-state index in [0.29, 0.717) is 0 Å². The minimum Gasteiger partial charge on any atom is -0.398 e. The Morgan fingerprint density at radius 2 is 1.09 bits per heavy atom. The molecule has 0 bridgehead atoms. The predicted octanol–water partition coefficient (Wildman–Crippen LogP) is 2.18. The highest BCUT2D eigenvalue weighted by Crippen LogP contribution is 2.15. The van der Waals surface area contributed by atoms with Crippen LogP contribution in [0.2, 0.25) is 25.2 Å². The van der Waals surface area contributed by atoms with E-state index in [2.05, 4.69) is 6.55 Å². The number of hydrogen-bond acceptors (Lipinski definition) is 6. The van der Waals surface area contributed by atoms with Crippen molar-refractivity contribution in [1.29, 1.82) is 0 Å². The van der Waals surface area contributed by atoms with Crippen LogP contribution in [0.3, 0.4) is 0 Å². The molecular formula is C14H38N2O4Si2. The Morgan fingerprint density at radius 3 is 1.36 bits per heavy atom. The Kier molecular flexibility index (Phi) is 16.4. The standard InChI is InChI=1S/C8H21NO2Si.C6H17NO2Si/c1-4-10-12(3,11-5-2)8-6-7-9;1-8-10(3,9-2)6-4-5-7/h4-9H2,1-3H3;4-7H2,1-3H3. The van der Waals surface area contributed by atoms with Crippen LogP contribution in [0.4, 0.5) is 0 Å². The molecule has 22 heavy (non-hydrogen) atoms. The molecule has 8 heteroatoms. The van der Waals surface area contributed by atoms with E-state index in [-0.39, 0.29) is 0 Å². The molecule has 0 aliphatic heterocycles. The number of rotatable bonds is 12. The van der Waals surface area contributed by atoms with Gasteiger partial charge in [-0.2, -0.15) is 0 Å². The summed E-state index contributed by atoms with van der Waals surface area (Å²) in [6.45, 7) is 11.1. The molecule has 136 valence electrons. The monoisotopic (exact) mass is 354 g/mol. The average Bonchev–Trinajstić information content (AvgIpc) is 2.52. The molecule has 0 fully saturated rings. The van der Waals surface area contributed by atoms with Crippen molar-refractivity contribution in [3.63, 3.8) is 0 Å². The van der Waals surface area contributed by atoms with E-state index >= 15 is 0 Å². The summed E-state index contributed by atoms with van der Waals surface area (Å²) in [4.78, 5) is 0. The lowest BCUT2D eigenvalue weighted by atomic mass is 10.5. The molecule has 0 amide bonds. The van der Waals surface area contributed by atoms with Crippen molar-refractivity contribution in [2.24, 2.45) is 11.5 Å². The first kappa shape index (κ1) is 24.4. The highest BCUT2D eigenvalue weighted by atomic mass is 28.4. The minimum absolute atomic E-state index is 0.718. The molecule has 4 N–H and O–H groups in total. The van der Waals surface area contributed by atoms with Crippen molar-refractivity contribution in [1.82, 2.24) is 0 Å². The summed E-state index contributed by atoms with van der Waals surface area (Å²) < 4.78 is 21.8. The Labute approximate surface area is 139 Å². The van der Waals surface area contributed by atoms with Gasteiger partial charge in [-0.25, -0.2) is 0 Å². The zero-order chi connectivity index (χ0) is 17.5. The van der Waals surface area contributed by atoms with Crippen LogP contribution in [0.5, 0.6) is 0 Å². The molecule has 0 aliphatic rings. The van der Waals surface area contributed by atoms with Crippen LogP contribution in [0, 0.1) is 0 Å². The Balaban J connectivity index is 0. The van der Waals surface area contributed by atoms with Gasteiger partial charge < -0.3 is 29.2 Å². The van der Waals surface area contributed by atoms with Crippen molar-refractivity contribution in [2.45, 2.75) is 51.9 Å². The summed E-state index contributed by atoms with van der Waals surface area (Å²) >= 11 is 0. The fraction of sp³-hybridized carbons (Fsp3) is 1.00. The van der Waals surface area contributed by atoms with Gasteiger partial charge in [0.1, 0.15) is 0 Å². The largest absolute Gasteiger partial charge is 0.398 e. The van der Waals surface area contributed by atoms with E-state index in [1.54, 1.807) is 14.2 Å². The van der Waals surface area contributed by atoms with Crippen molar-refractivity contribution >= 4 is 17.1 Å². The molecule has 0 saturated carbocycles. The van der Waals surface area contributed by atoms with Gasteiger partial charge in [0.05, 0.1) is 0 Å². The van der Waals surface area contributed by atoms with Crippen LogP contribution in [0.15, 0.2) is 0 Å².